The Balaban J connectivity index is 1.44. The highest BCUT2D eigenvalue weighted by Gasteiger charge is 2.17. The van der Waals surface area contributed by atoms with Crippen LogP contribution in [0, 0.1) is 0 Å². The first kappa shape index (κ1) is 20.3. The van der Waals surface area contributed by atoms with E-state index in [4.69, 9.17) is 11.6 Å². The summed E-state index contributed by atoms with van der Waals surface area (Å²) in [4.78, 5) is 21.0. The molecular weight excluding hydrogens is 444 g/mol. The number of carbonyl (C=O) groups is 1. The van der Waals surface area contributed by atoms with E-state index in [0.717, 1.165) is 22.2 Å². The predicted molar refractivity (Wildman–Crippen MR) is 118 cm³/mol. The van der Waals surface area contributed by atoms with Gasteiger partial charge in [0.1, 0.15) is 0 Å². The summed E-state index contributed by atoms with van der Waals surface area (Å²) >= 11 is 6.90. The summed E-state index contributed by atoms with van der Waals surface area (Å²) in [5.74, 6) is -0.260. The van der Waals surface area contributed by atoms with E-state index >= 15 is 0 Å². The fourth-order valence-electron chi connectivity index (χ4n) is 2.79. The molecule has 2 aromatic carbocycles. The van der Waals surface area contributed by atoms with Crippen LogP contribution in [0.4, 0.5) is 10.8 Å². The minimum Gasteiger partial charge on any atom is -0.325 e. The Bertz CT molecular complexity index is 1320. The highest BCUT2D eigenvalue weighted by atomic mass is 35.5. The fraction of sp³-hybridized carbons (Fsp3) is 0.0500. The number of anilines is 2. The highest BCUT2D eigenvalue weighted by molar-refractivity contribution is 7.93. The number of hydrogen-bond donors (Lipinski definition) is 2. The van der Waals surface area contributed by atoms with Gasteiger partial charge in [-0.15, -0.1) is 11.3 Å². The number of nitrogens with one attached hydrogen (secondary N) is 2. The molecule has 4 rings (SSSR count). The van der Waals surface area contributed by atoms with Crippen LogP contribution in [0.1, 0.15) is 5.69 Å². The Morgan fingerprint density at radius 1 is 1.07 bits per heavy atom. The Labute approximate surface area is 181 Å². The molecule has 2 N–H and O–H groups in total. The van der Waals surface area contributed by atoms with Crippen LogP contribution in [-0.4, -0.2) is 24.3 Å². The first-order valence-electron chi connectivity index (χ1n) is 8.77. The Kier molecular flexibility index (Phi) is 5.67. The molecule has 0 saturated carbocycles. The van der Waals surface area contributed by atoms with Crippen LogP contribution in [-0.2, 0) is 21.2 Å². The van der Waals surface area contributed by atoms with Crippen molar-refractivity contribution in [1.29, 1.82) is 0 Å². The second-order valence-corrected chi connectivity index (χ2v) is 9.28. The number of nitrogens with zero attached hydrogens (tertiary/aromatic N) is 2. The van der Waals surface area contributed by atoms with Gasteiger partial charge in [0.2, 0.25) is 5.91 Å². The van der Waals surface area contributed by atoms with Crippen LogP contribution < -0.4 is 10.0 Å². The highest BCUT2D eigenvalue weighted by Crippen LogP contribution is 2.23. The van der Waals surface area contributed by atoms with E-state index in [9.17, 15) is 13.2 Å². The van der Waals surface area contributed by atoms with Crippen LogP contribution in [0.2, 0.25) is 5.02 Å². The molecular formula is C20H15ClN4O3S2. The summed E-state index contributed by atoms with van der Waals surface area (Å²) in [6.07, 6.45) is 1.70. The molecule has 0 atom stereocenters. The van der Waals surface area contributed by atoms with Gasteiger partial charge in [0.15, 0.2) is 5.13 Å². The largest absolute Gasteiger partial charge is 0.325 e. The van der Waals surface area contributed by atoms with Crippen molar-refractivity contribution in [1.82, 2.24) is 9.97 Å². The van der Waals surface area contributed by atoms with E-state index in [1.807, 2.05) is 18.2 Å². The first-order chi connectivity index (χ1) is 14.4. The van der Waals surface area contributed by atoms with Crippen LogP contribution in [0.5, 0.6) is 0 Å². The van der Waals surface area contributed by atoms with Gasteiger partial charge in [0, 0.05) is 22.0 Å². The molecule has 0 saturated heterocycles. The number of halogens is 1. The number of pyridine rings is 1. The van der Waals surface area contributed by atoms with Crippen LogP contribution in [0.25, 0.3) is 10.9 Å². The maximum absolute atomic E-state index is 12.5. The number of rotatable bonds is 6. The topological polar surface area (TPSA) is 101 Å². The van der Waals surface area contributed by atoms with Crippen molar-refractivity contribution < 1.29 is 13.2 Å². The van der Waals surface area contributed by atoms with Crippen molar-refractivity contribution in [2.24, 2.45) is 0 Å². The number of hydrogen-bond acceptors (Lipinski definition) is 6. The molecule has 2 heterocycles. The van der Waals surface area contributed by atoms with Gasteiger partial charge >= 0.3 is 0 Å². The van der Waals surface area contributed by atoms with Crippen molar-refractivity contribution in [2.45, 2.75) is 11.3 Å². The minimum atomic E-state index is -3.79. The lowest BCUT2D eigenvalue weighted by Crippen LogP contribution is -2.15. The third-order valence-corrected chi connectivity index (χ3v) is 6.70. The smallest absolute Gasteiger partial charge is 0.263 e. The molecule has 1 amide bonds. The number of thiazole rings is 1. The standard InChI is InChI=1S/C20H15ClN4O3S2/c21-13-6-8-15(9-7-13)30(27,28)25-20-23-14(12-29-20)11-19(26)24-18-5-1-4-17-16(18)3-2-10-22-17/h1-10,12H,11H2,(H,23,25)(H,24,26). The summed E-state index contributed by atoms with van der Waals surface area (Å²) in [6.45, 7) is 0. The average Bonchev–Trinajstić information content (AvgIpc) is 3.14. The number of benzene rings is 2. The minimum absolute atomic E-state index is 0.00974. The molecule has 0 bridgehead atoms. The van der Waals surface area contributed by atoms with Gasteiger partial charge < -0.3 is 5.32 Å². The number of aromatic nitrogens is 2. The van der Waals surface area contributed by atoms with Crippen molar-refractivity contribution in [3.63, 3.8) is 0 Å². The monoisotopic (exact) mass is 458 g/mol. The molecule has 0 fully saturated rings. The predicted octanol–water partition coefficient (Wildman–Crippen LogP) is 4.33. The fourth-order valence-corrected chi connectivity index (χ4v) is 4.88. The molecule has 30 heavy (non-hydrogen) atoms. The van der Waals surface area contributed by atoms with E-state index in [2.05, 4.69) is 20.0 Å². The Morgan fingerprint density at radius 3 is 2.67 bits per heavy atom. The molecule has 152 valence electrons. The van der Waals surface area contributed by atoms with Crippen molar-refractivity contribution >= 4 is 60.6 Å². The number of fused-ring (bicyclic) bond motifs is 1. The van der Waals surface area contributed by atoms with Crippen LogP contribution in [0.3, 0.4) is 0 Å². The summed E-state index contributed by atoms with van der Waals surface area (Å²) in [5, 5.41) is 5.96. The van der Waals surface area contributed by atoms with Gasteiger partial charge in [0.05, 0.1) is 28.2 Å². The molecule has 4 aromatic rings. The maximum Gasteiger partial charge on any atom is 0.263 e. The second kappa shape index (κ2) is 8.39. The van der Waals surface area contributed by atoms with E-state index in [0.29, 0.717) is 16.4 Å². The summed E-state index contributed by atoms with van der Waals surface area (Å²) < 4.78 is 27.3. The summed E-state index contributed by atoms with van der Waals surface area (Å²) in [5.41, 5.74) is 1.90. The van der Waals surface area contributed by atoms with Gasteiger partial charge in [-0.1, -0.05) is 17.7 Å². The SMILES string of the molecule is O=C(Cc1csc(NS(=O)(=O)c2ccc(Cl)cc2)n1)Nc1cccc2ncccc12. The Morgan fingerprint density at radius 2 is 1.87 bits per heavy atom. The molecule has 10 heteroatoms. The van der Waals surface area contributed by atoms with Crippen molar-refractivity contribution in [3.05, 3.63) is 76.9 Å². The molecule has 0 aliphatic carbocycles. The normalized spacial score (nSPS) is 11.4. The molecule has 0 radical (unpaired) electrons. The third-order valence-electron chi connectivity index (χ3n) is 4.16. The number of sulfonamides is 1. The quantitative estimate of drug-likeness (QED) is 0.448. The first-order valence-corrected chi connectivity index (χ1v) is 11.5. The zero-order valence-corrected chi connectivity index (χ0v) is 17.8. The molecule has 0 aliphatic rings. The van der Waals surface area contributed by atoms with E-state index in [1.165, 1.54) is 24.3 Å². The molecule has 7 nitrogen and oxygen atoms in total. The number of amides is 1. The van der Waals surface area contributed by atoms with Gasteiger partial charge in [-0.2, -0.15) is 0 Å². The summed E-state index contributed by atoms with van der Waals surface area (Å²) in [6, 6.07) is 15.0. The number of carbonyl (C=O) groups excluding carboxylic acids is 1. The molecule has 0 unspecified atom stereocenters. The van der Waals surface area contributed by atoms with Crippen molar-refractivity contribution in [2.75, 3.05) is 10.0 Å². The average molecular weight is 459 g/mol. The lowest BCUT2D eigenvalue weighted by atomic mass is 10.2. The van der Waals surface area contributed by atoms with Gasteiger partial charge in [0.25, 0.3) is 10.0 Å². The van der Waals surface area contributed by atoms with Gasteiger partial charge in [-0.25, -0.2) is 13.4 Å². The Hall–Kier alpha value is -3.01. The lowest BCUT2D eigenvalue weighted by Gasteiger charge is -2.07. The van der Waals surface area contributed by atoms with Gasteiger partial charge in [-0.05, 0) is 48.5 Å². The zero-order valence-electron chi connectivity index (χ0n) is 15.4. The van der Waals surface area contributed by atoms with Crippen LogP contribution >= 0.6 is 22.9 Å². The van der Waals surface area contributed by atoms with E-state index < -0.39 is 10.0 Å². The molecule has 0 spiro atoms. The molecule has 2 aromatic heterocycles. The van der Waals surface area contributed by atoms with E-state index in [1.54, 1.807) is 23.7 Å². The summed E-state index contributed by atoms with van der Waals surface area (Å²) in [7, 11) is -3.79. The lowest BCUT2D eigenvalue weighted by molar-refractivity contribution is -0.115. The second-order valence-electron chi connectivity index (χ2n) is 6.30. The van der Waals surface area contributed by atoms with Crippen LogP contribution in [0.15, 0.2) is 71.1 Å². The van der Waals surface area contributed by atoms with E-state index in [-0.39, 0.29) is 22.4 Å². The van der Waals surface area contributed by atoms with Gasteiger partial charge in [-0.3, -0.25) is 14.5 Å². The maximum atomic E-state index is 12.5. The molecule has 0 aliphatic heterocycles. The zero-order chi connectivity index (χ0) is 21.1. The third kappa shape index (κ3) is 4.59. The van der Waals surface area contributed by atoms with Crippen molar-refractivity contribution in [3.8, 4) is 0 Å².